The van der Waals surface area contributed by atoms with Crippen LogP contribution in [0.2, 0.25) is 0 Å². The number of rotatable bonds is 2. The number of benzene rings is 1. The van der Waals surface area contributed by atoms with Crippen molar-refractivity contribution in [1.82, 2.24) is 5.16 Å². The number of halogens is 2. The maximum Gasteiger partial charge on any atom is 0.417 e. The van der Waals surface area contributed by atoms with E-state index in [2.05, 4.69) is 10.5 Å². The molecule has 6 rings (SSSR count). The van der Waals surface area contributed by atoms with Crippen LogP contribution in [0.25, 0.3) is 0 Å². The number of amides is 1. The van der Waals surface area contributed by atoms with Gasteiger partial charge in [-0.3, -0.25) is 4.90 Å². The van der Waals surface area contributed by atoms with E-state index in [4.69, 9.17) is 15.0 Å². The van der Waals surface area contributed by atoms with Crippen LogP contribution >= 0.6 is 0 Å². The maximum atomic E-state index is 14.9. The first-order chi connectivity index (χ1) is 13.4. The number of nitrogens with one attached hydrogen (secondary N) is 1. The van der Waals surface area contributed by atoms with Crippen molar-refractivity contribution in [3.8, 4) is 0 Å². The quantitative estimate of drug-likeness (QED) is 0.811. The molecule has 28 heavy (non-hydrogen) atoms. The van der Waals surface area contributed by atoms with E-state index in [0.717, 1.165) is 0 Å². The molecule has 1 spiro atoms. The van der Waals surface area contributed by atoms with Crippen LogP contribution in [0.5, 0.6) is 0 Å². The lowest BCUT2D eigenvalue weighted by Gasteiger charge is -2.39. The number of nitrogens with zero attached hydrogens (tertiary/aromatic N) is 3. The largest absolute Gasteiger partial charge is 0.417 e. The van der Waals surface area contributed by atoms with Gasteiger partial charge in [-0.05, 0) is 18.8 Å². The second kappa shape index (κ2) is 4.93. The number of carbonyl (C=O) groups excluding carboxylic acids is 1. The van der Waals surface area contributed by atoms with Gasteiger partial charge < -0.3 is 25.2 Å². The van der Waals surface area contributed by atoms with Gasteiger partial charge in [0, 0.05) is 31.3 Å². The molecule has 2 aromatic rings. The Hall–Kier alpha value is -2.88. The Morgan fingerprint density at radius 2 is 1.96 bits per heavy atom. The SMILES string of the molecule is CC1N(c2cc(F)c(N3C[C@@H]4[C@@H](N)[C@@H]4C3)c(F)c2)C(=O)O[C@]12Nc1nocc12. The third kappa shape index (κ3) is 1.81. The van der Waals surface area contributed by atoms with Gasteiger partial charge in [-0.25, -0.2) is 13.6 Å². The number of aromatic nitrogens is 1. The highest BCUT2D eigenvalue weighted by molar-refractivity contribution is 5.93. The zero-order chi connectivity index (χ0) is 19.4. The molecule has 3 aliphatic heterocycles. The number of fused-ring (bicyclic) bond motifs is 3. The van der Waals surface area contributed by atoms with E-state index in [1.807, 2.05) is 0 Å². The van der Waals surface area contributed by atoms with E-state index in [1.165, 1.54) is 23.3 Å². The van der Waals surface area contributed by atoms with Crippen LogP contribution in [0.4, 0.5) is 30.8 Å². The summed E-state index contributed by atoms with van der Waals surface area (Å²) in [5.74, 6) is -0.333. The summed E-state index contributed by atoms with van der Waals surface area (Å²) in [7, 11) is 0. The predicted molar refractivity (Wildman–Crippen MR) is 93.8 cm³/mol. The molecule has 146 valence electrons. The molecular formula is C18H17F2N5O3. The van der Waals surface area contributed by atoms with Gasteiger partial charge >= 0.3 is 6.09 Å². The third-order valence-electron chi connectivity index (χ3n) is 6.55. The molecule has 0 radical (unpaired) electrons. The summed E-state index contributed by atoms with van der Waals surface area (Å²) in [6, 6.07) is 1.92. The first-order valence-corrected chi connectivity index (χ1v) is 9.15. The van der Waals surface area contributed by atoms with Crippen molar-refractivity contribution in [1.29, 1.82) is 0 Å². The topological polar surface area (TPSA) is 96.9 Å². The van der Waals surface area contributed by atoms with Crippen molar-refractivity contribution in [2.75, 3.05) is 28.2 Å². The second-order valence-corrected chi connectivity index (χ2v) is 7.92. The molecule has 4 heterocycles. The Morgan fingerprint density at radius 3 is 2.61 bits per heavy atom. The minimum Gasteiger partial charge on any atom is -0.416 e. The molecule has 1 aromatic heterocycles. The van der Waals surface area contributed by atoms with Gasteiger partial charge in [-0.15, -0.1) is 0 Å². The van der Waals surface area contributed by atoms with Crippen molar-refractivity contribution in [3.05, 3.63) is 35.6 Å². The first kappa shape index (κ1) is 16.1. The number of hydrogen-bond donors (Lipinski definition) is 2. The Kier molecular flexibility index (Phi) is 2.84. The normalized spacial score (nSPS) is 34.8. The van der Waals surface area contributed by atoms with Gasteiger partial charge in [0.05, 0.1) is 5.69 Å². The number of nitrogens with two attached hydrogens (primary N) is 1. The number of ether oxygens (including phenoxy) is 1. The van der Waals surface area contributed by atoms with Crippen LogP contribution in [0.15, 0.2) is 22.9 Å². The summed E-state index contributed by atoms with van der Waals surface area (Å²) in [5, 5.41) is 6.71. The first-order valence-electron chi connectivity index (χ1n) is 9.15. The molecule has 0 bridgehead atoms. The number of hydrogen-bond acceptors (Lipinski definition) is 7. The Balaban J connectivity index is 1.33. The van der Waals surface area contributed by atoms with Gasteiger partial charge in [-0.2, -0.15) is 0 Å². The Morgan fingerprint density at radius 1 is 1.29 bits per heavy atom. The molecule has 4 aliphatic rings. The van der Waals surface area contributed by atoms with E-state index >= 15 is 0 Å². The van der Waals surface area contributed by atoms with E-state index in [9.17, 15) is 13.6 Å². The molecule has 3 fully saturated rings. The summed E-state index contributed by atoms with van der Waals surface area (Å²) in [4.78, 5) is 15.4. The number of anilines is 3. The van der Waals surface area contributed by atoms with E-state index < -0.39 is 29.5 Å². The molecule has 2 saturated heterocycles. The Labute approximate surface area is 158 Å². The zero-order valence-electron chi connectivity index (χ0n) is 14.9. The fourth-order valence-electron chi connectivity index (χ4n) is 4.87. The highest BCUT2D eigenvalue weighted by atomic mass is 19.1. The van der Waals surface area contributed by atoms with Crippen LogP contribution in [-0.4, -0.2) is 36.4 Å². The van der Waals surface area contributed by atoms with E-state index in [1.54, 1.807) is 11.8 Å². The van der Waals surface area contributed by atoms with Crippen molar-refractivity contribution in [2.45, 2.75) is 24.7 Å². The minimum atomic E-state index is -1.13. The molecule has 1 aliphatic carbocycles. The van der Waals surface area contributed by atoms with Crippen LogP contribution < -0.4 is 20.9 Å². The Bertz CT molecular complexity index is 993. The zero-order valence-corrected chi connectivity index (χ0v) is 14.9. The van der Waals surface area contributed by atoms with Gasteiger partial charge in [0.1, 0.15) is 23.6 Å². The van der Waals surface area contributed by atoms with Gasteiger partial charge in [0.15, 0.2) is 17.5 Å². The molecular weight excluding hydrogens is 372 g/mol. The average Bonchev–Trinajstić information content (AvgIpc) is 3.03. The van der Waals surface area contributed by atoms with E-state index in [-0.39, 0.29) is 17.4 Å². The smallest absolute Gasteiger partial charge is 0.416 e. The van der Waals surface area contributed by atoms with Crippen LogP contribution in [0.3, 0.4) is 0 Å². The summed E-state index contributed by atoms with van der Waals surface area (Å²) in [5.41, 5.74) is 5.40. The van der Waals surface area contributed by atoms with Gasteiger partial charge in [-0.1, -0.05) is 5.16 Å². The molecule has 8 nitrogen and oxygen atoms in total. The monoisotopic (exact) mass is 389 g/mol. The average molecular weight is 389 g/mol. The highest BCUT2D eigenvalue weighted by Crippen LogP contribution is 2.51. The summed E-state index contributed by atoms with van der Waals surface area (Å²) >= 11 is 0. The number of piperidine rings is 1. The van der Waals surface area contributed by atoms with Gasteiger partial charge in [0.2, 0.25) is 5.72 Å². The number of carbonyl (C=O) groups is 1. The minimum absolute atomic E-state index is 0.0684. The lowest BCUT2D eigenvalue weighted by atomic mass is 9.91. The molecule has 1 aromatic carbocycles. The highest BCUT2D eigenvalue weighted by Gasteiger charge is 2.62. The van der Waals surface area contributed by atoms with Crippen molar-refractivity contribution in [2.24, 2.45) is 17.6 Å². The lowest BCUT2D eigenvalue weighted by Crippen LogP contribution is -2.53. The molecule has 1 saturated carbocycles. The van der Waals surface area contributed by atoms with Gasteiger partial charge in [0.25, 0.3) is 0 Å². The predicted octanol–water partition coefficient (Wildman–Crippen LogP) is 1.97. The summed E-state index contributed by atoms with van der Waals surface area (Å²) in [6.45, 7) is 2.82. The summed E-state index contributed by atoms with van der Waals surface area (Å²) in [6.07, 6.45) is 0.694. The third-order valence-corrected chi connectivity index (χ3v) is 6.55. The maximum absolute atomic E-state index is 14.9. The molecule has 10 heteroatoms. The molecule has 1 amide bonds. The second-order valence-electron chi connectivity index (χ2n) is 7.92. The fraction of sp³-hybridized carbons (Fsp3) is 0.444. The summed E-state index contributed by atoms with van der Waals surface area (Å²) < 4.78 is 40.1. The standard InChI is InChI=1S/C18H17F2N5O3/c1-7-18(11-6-27-23-16(11)22-18)28-17(26)25(7)8-2-12(19)15(13(20)3-8)24-4-9-10(5-24)14(9)21/h2-3,6-7,9-10,14H,4-5,21H2,1H3,(H,22,23)/t7?,9-,10+,14+,18-/m1/s1. The van der Waals surface area contributed by atoms with Crippen LogP contribution in [0.1, 0.15) is 12.5 Å². The van der Waals surface area contributed by atoms with Crippen molar-refractivity contribution < 1.29 is 22.8 Å². The van der Waals surface area contributed by atoms with Crippen molar-refractivity contribution in [3.63, 3.8) is 0 Å². The fourth-order valence-corrected chi connectivity index (χ4v) is 4.87. The van der Waals surface area contributed by atoms with Crippen LogP contribution in [0, 0.1) is 23.5 Å². The van der Waals surface area contributed by atoms with Crippen LogP contribution in [-0.2, 0) is 10.5 Å². The van der Waals surface area contributed by atoms with E-state index in [0.29, 0.717) is 36.3 Å². The molecule has 5 atom stereocenters. The molecule has 1 unspecified atom stereocenters. The molecule has 3 N–H and O–H groups in total. The lowest BCUT2D eigenvalue weighted by molar-refractivity contribution is 0.0490. The van der Waals surface area contributed by atoms with Crippen molar-refractivity contribution >= 4 is 23.3 Å².